The second kappa shape index (κ2) is 6.54. The van der Waals surface area contributed by atoms with Crippen LogP contribution in [0.15, 0.2) is 84.9 Å². The SMILES string of the molecule is O=C1OC(CNCc2ccccc2)(c2ccccc2)c2ccccc21. The van der Waals surface area contributed by atoms with E-state index < -0.39 is 5.60 Å². The number of hydrogen-bond donors (Lipinski definition) is 1. The molecule has 0 radical (unpaired) electrons. The van der Waals surface area contributed by atoms with Gasteiger partial charge in [0.2, 0.25) is 0 Å². The first-order chi connectivity index (χ1) is 12.3. The molecular formula is C22H19NO2. The number of esters is 1. The van der Waals surface area contributed by atoms with E-state index in [1.165, 1.54) is 5.56 Å². The van der Waals surface area contributed by atoms with Crippen molar-refractivity contribution in [2.45, 2.75) is 12.1 Å². The largest absolute Gasteiger partial charge is 0.444 e. The topological polar surface area (TPSA) is 38.3 Å². The minimum Gasteiger partial charge on any atom is -0.444 e. The predicted molar refractivity (Wildman–Crippen MR) is 97.2 cm³/mol. The maximum atomic E-state index is 12.4. The summed E-state index contributed by atoms with van der Waals surface area (Å²) in [7, 11) is 0. The van der Waals surface area contributed by atoms with Crippen LogP contribution in [0.25, 0.3) is 0 Å². The molecule has 124 valence electrons. The van der Waals surface area contributed by atoms with Gasteiger partial charge in [-0.3, -0.25) is 0 Å². The third kappa shape index (κ3) is 2.83. The van der Waals surface area contributed by atoms with Crippen molar-refractivity contribution in [3.8, 4) is 0 Å². The van der Waals surface area contributed by atoms with Crippen LogP contribution in [0.2, 0.25) is 0 Å². The molecule has 0 fully saturated rings. The summed E-state index contributed by atoms with van der Waals surface area (Å²) in [5, 5.41) is 3.47. The van der Waals surface area contributed by atoms with Crippen LogP contribution in [-0.2, 0) is 16.9 Å². The van der Waals surface area contributed by atoms with E-state index in [2.05, 4.69) is 17.4 Å². The number of carbonyl (C=O) groups is 1. The summed E-state index contributed by atoms with van der Waals surface area (Å²) in [4.78, 5) is 12.4. The zero-order chi connectivity index (χ0) is 17.1. The molecule has 1 atom stereocenters. The lowest BCUT2D eigenvalue weighted by Gasteiger charge is -2.30. The van der Waals surface area contributed by atoms with E-state index >= 15 is 0 Å². The highest BCUT2D eigenvalue weighted by Gasteiger charge is 2.46. The van der Waals surface area contributed by atoms with Gasteiger partial charge in [0.1, 0.15) is 0 Å². The second-order valence-electron chi connectivity index (χ2n) is 6.22. The summed E-state index contributed by atoms with van der Waals surface area (Å²) in [5.41, 5.74) is 2.96. The van der Waals surface area contributed by atoms with Crippen LogP contribution >= 0.6 is 0 Å². The minimum absolute atomic E-state index is 0.263. The molecule has 4 rings (SSSR count). The molecule has 0 amide bonds. The third-order valence-electron chi connectivity index (χ3n) is 4.63. The average molecular weight is 329 g/mol. The summed E-state index contributed by atoms with van der Waals surface area (Å²) in [6.45, 7) is 1.24. The van der Waals surface area contributed by atoms with Crippen LogP contribution in [0.1, 0.15) is 27.0 Å². The summed E-state index contributed by atoms with van der Waals surface area (Å²) >= 11 is 0. The first-order valence-corrected chi connectivity index (χ1v) is 8.43. The molecule has 3 heteroatoms. The van der Waals surface area contributed by atoms with E-state index in [9.17, 15) is 4.79 Å². The molecule has 1 aliphatic rings. The van der Waals surface area contributed by atoms with E-state index in [0.29, 0.717) is 12.1 Å². The molecule has 1 N–H and O–H groups in total. The van der Waals surface area contributed by atoms with E-state index in [4.69, 9.17) is 4.74 Å². The highest BCUT2D eigenvalue weighted by atomic mass is 16.6. The lowest BCUT2D eigenvalue weighted by Crippen LogP contribution is -2.39. The van der Waals surface area contributed by atoms with Crippen LogP contribution in [0, 0.1) is 0 Å². The number of cyclic esters (lactones) is 1. The molecule has 0 aliphatic carbocycles. The summed E-state index contributed by atoms with van der Waals surface area (Å²) in [5.74, 6) is -0.263. The van der Waals surface area contributed by atoms with E-state index in [1.807, 2.05) is 72.8 Å². The highest BCUT2D eigenvalue weighted by molar-refractivity contribution is 5.95. The summed E-state index contributed by atoms with van der Waals surface area (Å²) in [6.07, 6.45) is 0. The fraction of sp³-hybridized carbons (Fsp3) is 0.136. The standard InChI is InChI=1S/C22H19NO2/c24-21-19-13-7-8-14-20(19)22(25-21,18-11-5-2-6-12-18)16-23-15-17-9-3-1-4-10-17/h1-14,23H,15-16H2. The van der Waals surface area contributed by atoms with Gasteiger partial charge in [0.15, 0.2) is 5.60 Å². The molecule has 3 nitrogen and oxygen atoms in total. The first-order valence-electron chi connectivity index (χ1n) is 8.43. The van der Waals surface area contributed by atoms with Crippen LogP contribution in [-0.4, -0.2) is 12.5 Å². The molecule has 0 spiro atoms. The summed E-state index contributed by atoms with van der Waals surface area (Å²) < 4.78 is 5.94. The van der Waals surface area contributed by atoms with Crippen molar-refractivity contribution in [1.82, 2.24) is 5.32 Å². The summed E-state index contributed by atoms with van der Waals surface area (Å²) in [6, 6.07) is 27.8. The average Bonchev–Trinajstić information content (AvgIpc) is 2.97. The quantitative estimate of drug-likeness (QED) is 0.722. The van der Waals surface area contributed by atoms with Crippen LogP contribution in [0.4, 0.5) is 0 Å². The maximum Gasteiger partial charge on any atom is 0.339 e. The van der Waals surface area contributed by atoms with Crippen molar-refractivity contribution in [2.75, 3.05) is 6.54 Å². The molecule has 0 aromatic heterocycles. The fourth-order valence-electron chi connectivity index (χ4n) is 3.42. The Morgan fingerprint density at radius 1 is 0.800 bits per heavy atom. The molecular weight excluding hydrogens is 310 g/mol. The number of rotatable bonds is 5. The van der Waals surface area contributed by atoms with Gasteiger partial charge in [0, 0.05) is 24.2 Å². The molecule has 1 heterocycles. The molecule has 1 unspecified atom stereocenters. The Kier molecular flexibility index (Phi) is 4.08. The molecule has 25 heavy (non-hydrogen) atoms. The first kappa shape index (κ1) is 15.6. The van der Waals surface area contributed by atoms with Gasteiger partial charge in [0.25, 0.3) is 0 Å². The van der Waals surface area contributed by atoms with Gasteiger partial charge in [-0.2, -0.15) is 0 Å². The van der Waals surface area contributed by atoms with Crippen molar-refractivity contribution < 1.29 is 9.53 Å². The van der Waals surface area contributed by atoms with Crippen molar-refractivity contribution >= 4 is 5.97 Å². The number of benzene rings is 3. The van der Waals surface area contributed by atoms with Crippen molar-refractivity contribution in [3.63, 3.8) is 0 Å². The van der Waals surface area contributed by atoms with Crippen molar-refractivity contribution in [3.05, 3.63) is 107 Å². The lowest BCUT2D eigenvalue weighted by molar-refractivity contribution is 0.0109. The Bertz CT molecular complexity index is 877. The fourth-order valence-corrected chi connectivity index (χ4v) is 3.42. The van der Waals surface area contributed by atoms with Gasteiger partial charge in [-0.1, -0.05) is 78.9 Å². The molecule has 3 aromatic carbocycles. The predicted octanol–water partition coefficient (Wildman–Crippen LogP) is 3.89. The van der Waals surface area contributed by atoms with Crippen LogP contribution in [0.5, 0.6) is 0 Å². The highest BCUT2D eigenvalue weighted by Crippen LogP contribution is 2.41. The Labute approximate surface area is 147 Å². The molecule has 0 saturated heterocycles. The zero-order valence-electron chi connectivity index (χ0n) is 13.8. The molecule has 1 aliphatic heterocycles. The number of ether oxygens (including phenoxy) is 1. The molecule has 0 bridgehead atoms. The smallest absolute Gasteiger partial charge is 0.339 e. The Morgan fingerprint density at radius 3 is 2.20 bits per heavy atom. The monoisotopic (exact) mass is 329 g/mol. The van der Waals surface area contributed by atoms with Gasteiger partial charge in [0.05, 0.1) is 5.56 Å². The van der Waals surface area contributed by atoms with Gasteiger partial charge >= 0.3 is 5.97 Å². The van der Waals surface area contributed by atoms with Crippen LogP contribution in [0.3, 0.4) is 0 Å². The normalized spacial score (nSPS) is 18.6. The Hall–Kier alpha value is -2.91. The van der Waals surface area contributed by atoms with E-state index in [-0.39, 0.29) is 5.97 Å². The van der Waals surface area contributed by atoms with Gasteiger partial charge in [-0.05, 0) is 11.6 Å². The Balaban J connectivity index is 1.68. The second-order valence-corrected chi connectivity index (χ2v) is 6.22. The van der Waals surface area contributed by atoms with Crippen molar-refractivity contribution in [1.29, 1.82) is 0 Å². The number of fused-ring (bicyclic) bond motifs is 1. The van der Waals surface area contributed by atoms with E-state index in [0.717, 1.165) is 17.7 Å². The number of carbonyl (C=O) groups excluding carboxylic acids is 1. The van der Waals surface area contributed by atoms with Gasteiger partial charge in [-0.15, -0.1) is 0 Å². The maximum absolute atomic E-state index is 12.4. The van der Waals surface area contributed by atoms with Gasteiger partial charge in [-0.25, -0.2) is 4.79 Å². The number of nitrogens with one attached hydrogen (secondary N) is 1. The minimum atomic E-state index is -0.788. The van der Waals surface area contributed by atoms with E-state index in [1.54, 1.807) is 0 Å². The van der Waals surface area contributed by atoms with Crippen molar-refractivity contribution in [2.24, 2.45) is 0 Å². The Morgan fingerprint density at radius 2 is 1.44 bits per heavy atom. The van der Waals surface area contributed by atoms with Gasteiger partial charge < -0.3 is 10.1 Å². The molecule has 0 saturated carbocycles. The number of hydrogen-bond acceptors (Lipinski definition) is 3. The zero-order valence-corrected chi connectivity index (χ0v) is 13.8. The lowest BCUT2D eigenvalue weighted by atomic mass is 9.85. The van der Waals surface area contributed by atoms with Crippen LogP contribution < -0.4 is 5.32 Å². The molecule has 3 aromatic rings. The third-order valence-corrected chi connectivity index (χ3v) is 4.63.